The molecule has 0 aliphatic carbocycles. The van der Waals surface area contributed by atoms with Crippen molar-refractivity contribution >= 4 is 56.9 Å². The van der Waals surface area contributed by atoms with Crippen molar-refractivity contribution in [1.29, 1.82) is 0 Å². The van der Waals surface area contributed by atoms with Gasteiger partial charge in [0, 0.05) is 10.2 Å². The summed E-state index contributed by atoms with van der Waals surface area (Å²) in [6, 6.07) is 10.4. The minimum Gasteiger partial charge on any atom is -0.450 e. The fraction of sp³-hybridized carbons (Fsp3) is 0. The summed E-state index contributed by atoms with van der Waals surface area (Å²) in [5, 5.41) is 30.9. The summed E-state index contributed by atoms with van der Waals surface area (Å²) in [5.41, 5.74) is 7.35. The maximum absolute atomic E-state index is 13.1. The molecule has 0 heterocycles. The second-order valence-corrected chi connectivity index (χ2v) is 5.31. The van der Waals surface area contributed by atoms with Gasteiger partial charge in [-0.25, -0.2) is 14.0 Å². The van der Waals surface area contributed by atoms with Crippen LogP contribution in [-0.4, -0.2) is 32.7 Å². The highest BCUT2D eigenvalue weighted by molar-refractivity contribution is 9.10. The summed E-state index contributed by atoms with van der Waals surface area (Å²) in [7, 11) is 0. The van der Waals surface area contributed by atoms with Crippen LogP contribution in [0.3, 0.4) is 0 Å². The van der Waals surface area contributed by atoms with Crippen molar-refractivity contribution in [3.05, 3.63) is 51.7 Å². The predicted octanol–water partition coefficient (Wildman–Crippen LogP) is 5.01. The number of nitrogens with one attached hydrogen (secondary N) is 1. The first-order valence-corrected chi connectivity index (χ1v) is 7.31. The molecule has 0 fully saturated rings. The first kappa shape index (κ1) is 22.3. The van der Waals surface area contributed by atoms with E-state index >= 15 is 0 Å². The van der Waals surface area contributed by atoms with Crippen LogP contribution >= 0.6 is 27.5 Å². The normalized spacial score (nSPS) is 8.92. The number of carboxylic acid groups (broad SMARTS) is 4. The summed E-state index contributed by atoms with van der Waals surface area (Å²) in [6.07, 6.45) is -3.67. The molecule has 136 valence electrons. The van der Waals surface area contributed by atoms with Gasteiger partial charge in [-0.3, -0.25) is 0 Å². The van der Waals surface area contributed by atoms with E-state index in [4.69, 9.17) is 47.3 Å². The Bertz CT molecular complexity index is 710. The maximum Gasteiger partial charge on any atom is 0.503 e. The Kier molecular flexibility index (Phi) is 9.75. The van der Waals surface area contributed by atoms with E-state index in [-0.39, 0.29) is 10.7 Å². The number of hydrogen-bond donors (Lipinski definition) is 6. The van der Waals surface area contributed by atoms with Crippen LogP contribution in [0.2, 0.25) is 5.02 Å². The van der Waals surface area contributed by atoms with Crippen LogP contribution in [0.4, 0.5) is 31.0 Å². The third-order valence-electron chi connectivity index (χ3n) is 2.26. The Labute approximate surface area is 154 Å². The lowest BCUT2D eigenvalue weighted by Crippen LogP contribution is -1.98. The van der Waals surface area contributed by atoms with E-state index in [0.717, 1.165) is 10.2 Å². The van der Waals surface area contributed by atoms with Crippen LogP contribution in [0.5, 0.6) is 0 Å². The first-order chi connectivity index (χ1) is 11.5. The maximum atomic E-state index is 13.1. The van der Waals surface area contributed by atoms with Gasteiger partial charge in [-0.1, -0.05) is 27.5 Å². The second kappa shape index (κ2) is 10.9. The number of halogens is 3. The van der Waals surface area contributed by atoms with E-state index in [2.05, 4.69) is 21.2 Å². The van der Waals surface area contributed by atoms with Gasteiger partial charge in [0.05, 0.1) is 11.4 Å². The molecule has 2 aromatic rings. The number of nitrogen functional groups attached to an aromatic ring is 1. The lowest BCUT2D eigenvalue weighted by Gasteiger charge is -2.10. The van der Waals surface area contributed by atoms with Crippen molar-refractivity contribution in [3.8, 4) is 0 Å². The fourth-order valence-electron chi connectivity index (χ4n) is 1.36. The molecule has 0 saturated carbocycles. The zero-order valence-electron chi connectivity index (χ0n) is 12.3. The van der Waals surface area contributed by atoms with Crippen molar-refractivity contribution in [3.63, 3.8) is 0 Å². The predicted molar refractivity (Wildman–Crippen MR) is 94.6 cm³/mol. The largest absolute Gasteiger partial charge is 0.503 e. The van der Waals surface area contributed by atoms with Crippen molar-refractivity contribution in [2.75, 3.05) is 11.1 Å². The molecule has 0 atom stereocenters. The molecule has 7 N–H and O–H groups in total. The molecule has 0 amide bonds. The molecule has 25 heavy (non-hydrogen) atoms. The van der Waals surface area contributed by atoms with Gasteiger partial charge < -0.3 is 31.5 Å². The third-order valence-corrected chi connectivity index (χ3v) is 3.17. The molecule has 2 aromatic carbocycles. The molecule has 0 aliphatic rings. The number of hydrogen-bond acceptors (Lipinski definition) is 4. The lowest BCUT2D eigenvalue weighted by molar-refractivity contribution is 0.135. The van der Waals surface area contributed by atoms with Crippen LogP contribution in [0.25, 0.3) is 0 Å². The monoisotopic (exact) mass is 438 g/mol. The molecular formula is C14H13BrClFN2O6. The SMILES string of the molecule is Nc1c(Nc2ccc(Br)cc2)ccc(F)c1Cl.O=C(O)O.O=C(O)O. The average Bonchev–Trinajstić information content (AvgIpc) is 2.49. The Balaban J connectivity index is 0.000000609. The van der Waals surface area contributed by atoms with Crippen LogP contribution in [0, 0.1) is 5.82 Å². The van der Waals surface area contributed by atoms with Crippen LogP contribution < -0.4 is 11.1 Å². The molecule has 2 rings (SSSR count). The van der Waals surface area contributed by atoms with Crippen molar-refractivity contribution in [1.82, 2.24) is 0 Å². The molecular weight excluding hydrogens is 427 g/mol. The number of rotatable bonds is 2. The smallest absolute Gasteiger partial charge is 0.450 e. The Morgan fingerprint density at radius 1 is 1.00 bits per heavy atom. The van der Waals surface area contributed by atoms with Gasteiger partial charge in [0.2, 0.25) is 0 Å². The van der Waals surface area contributed by atoms with Gasteiger partial charge >= 0.3 is 12.3 Å². The van der Waals surface area contributed by atoms with Gasteiger partial charge in [0.1, 0.15) is 10.8 Å². The fourth-order valence-corrected chi connectivity index (χ4v) is 1.79. The summed E-state index contributed by atoms with van der Waals surface area (Å²) >= 11 is 9.07. The van der Waals surface area contributed by atoms with Gasteiger partial charge in [-0.05, 0) is 36.4 Å². The topological polar surface area (TPSA) is 153 Å². The highest BCUT2D eigenvalue weighted by Gasteiger charge is 2.08. The van der Waals surface area contributed by atoms with Gasteiger partial charge in [0.25, 0.3) is 0 Å². The van der Waals surface area contributed by atoms with Crippen molar-refractivity contribution in [2.45, 2.75) is 0 Å². The summed E-state index contributed by atoms with van der Waals surface area (Å²) in [5.74, 6) is -0.523. The molecule has 0 bridgehead atoms. The van der Waals surface area contributed by atoms with E-state index < -0.39 is 18.1 Å². The van der Waals surface area contributed by atoms with E-state index in [9.17, 15) is 4.39 Å². The Hall–Kier alpha value is -2.72. The molecule has 0 spiro atoms. The highest BCUT2D eigenvalue weighted by atomic mass is 79.9. The van der Waals surface area contributed by atoms with Crippen LogP contribution in [0.15, 0.2) is 40.9 Å². The van der Waals surface area contributed by atoms with Crippen LogP contribution in [-0.2, 0) is 0 Å². The minimum absolute atomic E-state index is 0.0629. The zero-order chi connectivity index (χ0) is 19.6. The van der Waals surface area contributed by atoms with Crippen molar-refractivity contribution < 1.29 is 34.4 Å². The summed E-state index contributed by atoms with van der Waals surface area (Å²) < 4.78 is 14.1. The summed E-state index contributed by atoms with van der Waals surface area (Å²) in [4.78, 5) is 17.1. The molecule has 0 unspecified atom stereocenters. The molecule has 11 heteroatoms. The zero-order valence-corrected chi connectivity index (χ0v) is 14.6. The van der Waals surface area contributed by atoms with E-state index in [1.165, 1.54) is 6.07 Å². The van der Waals surface area contributed by atoms with E-state index in [0.29, 0.717) is 5.69 Å². The quantitative estimate of drug-likeness (QED) is 0.357. The number of nitrogens with two attached hydrogens (primary N) is 1. The number of carbonyl (C=O) groups is 2. The summed E-state index contributed by atoms with van der Waals surface area (Å²) in [6.45, 7) is 0. The van der Waals surface area contributed by atoms with Crippen molar-refractivity contribution in [2.24, 2.45) is 0 Å². The molecule has 0 aromatic heterocycles. The lowest BCUT2D eigenvalue weighted by atomic mass is 10.2. The second-order valence-electron chi connectivity index (χ2n) is 4.02. The van der Waals surface area contributed by atoms with Crippen LogP contribution in [0.1, 0.15) is 0 Å². The van der Waals surface area contributed by atoms with Gasteiger partial charge in [-0.2, -0.15) is 0 Å². The van der Waals surface area contributed by atoms with Gasteiger partial charge in [0.15, 0.2) is 0 Å². The number of anilines is 3. The molecule has 0 radical (unpaired) electrons. The van der Waals surface area contributed by atoms with E-state index in [1.54, 1.807) is 6.07 Å². The molecule has 8 nitrogen and oxygen atoms in total. The highest BCUT2D eigenvalue weighted by Crippen LogP contribution is 2.31. The van der Waals surface area contributed by atoms with Gasteiger partial charge in [-0.15, -0.1) is 0 Å². The first-order valence-electron chi connectivity index (χ1n) is 6.14. The minimum atomic E-state index is -1.83. The molecule has 0 saturated heterocycles. The third kappa shape index (κ3) is 9.89. The standard InChI is InChI=1S/C12H9BrClFN2.2CH2O3/c13-7-1-3-8(4-2-7)17-10-6-5-9(15)11(14)12(10)16;2*2-1(3)4/h1-6,17H,16H2;2*(H2,2,3,4). The Morgan fingerprint density at radius 3 is 1.88 bits per heavy atom. The Morgan fingerprint density at radius 2 is 1.44 bits per heavy atom. The molecule has 0 aliphatic heterocycles. The number of benzene rings is 2. The average molecular weight is 440 g/mol. The van der Waals surface area contributed by atoms with E-state index in [1.807, 2.05) is 24.3 Å².